The number of carbonyl (C=O) groups excluding carboxylic acids is 2. The van der Waals surface area contributed by atoms with Crippen LogP contribution in [0.3, 0.4) is 0 Å². The molecule has 0 radical (unpaired) electrons. The Morgan fingerprint density at radius 1 is 1.02 bits per heavy atom. The van der Waals surface area contributed by atoms with Crippen LogP contribution in [0.4, 0.5) is 5.69 Å². The number of allylic oxidation sites excluding steroid dienone is 1. The van der Waals surface area contributed by atoms with Crippen molar-refractivity contribution in [3.8, 4) is 0 Å². The molecular formula is C33H45N5O2. The molecule has 0 aromatic heterocycles. The molecule has 0 saturated carbocycles. The quantitative estimate of drug-likeness (QED) is 0.312. The van der Waals surface area contributed by atoms with Crippen molar-refractivity contribution >= 4 is 29.8 Å². The summed E-state index contributed by atoms with van der Waals surface area (Å²) in [5.41, 5.74) is 5.99. The maximum Gasteiger partial charge on any atom is 0.253 e. The van der Waals surface area contributed by atoms with E-state index in [0.717, 1.165) is 87.2 Å². The Labute approximate surface area is 239 Å². The van der Waals surface area contributed by atoms with Crippen LogP contribution in [0.25, 0.3) is 5.57 Å². The van der Waals surface area contributed by atoms with E-state index in [4.69, 9.17) is 0 Å². The van der Waals surface area contributed by atoms with E-state index < -0.39 is 0 Å². The van der Waals surface area contributed by atoms with Crippen LogP contribution < -0.4 is 5.32 Å². The van der Waals surface area contributed by atoms with Gasteiger partial charge in [-0.1, -0.05) is 37.3 Å². The van der Waals surface area contributed by atoms with Crippen molar-refractivity contribution in [1.82, 2.24) is 14.8 Å². The Balaban J connectivity index is 1.32. The predicted molar refractivity (Wildman–Crippen MR) is 165 cm³/mol. The molecule has 2 saturated heterocycles. The van der Waals surface area contributed by atoms with E-state index in [2.05, 4.69) is 60.1 Å². The fourth-order valence-corrected chi connectivity index (χ4v) is 5.87. The lowest BCUT2D eigenvalue weighted by atomic mass is 9.88. The van der Waals surface area contributed by atoms with E-state index in [1.54, 1.807) is 5.01 Å². The maximum atomic E-state index is 13.4. The monoisotopic (exact) mass is 543 g/mol. The summed E-state index contributed by atoms with van der Waals surface area (Å²) in [5.74, 6) is 0.588. The van der Waals surface area contributed by atoms with Crippen LogP contribution >= 0.6 is 0 Å². The van der Waals surface area contributed by atoms with Gasteiger partial charge in [0.2, 0.25) is 5.91 Å². The highest BCUT2D eigenvalue weighted by Crippen LogP contribution is 2.30. The van der Waals surface area contributed by atoms with Crippen LogP contribution in [0.2, 0.25) is 0 Å². The van der Waals surface area contributed by atoms with Crippen LogP contribution in [-0.4, -0.2) is 73.1 Å². The second kappa shape index (κ2) is 13.8. The zero-order chi connectivity index (χ0) is 28.6. The Morgan fingerprint density at radius 2 is 1.68 bits per heavy atom. The molecule has 2 aromatic rings. The summed E-state index contributed by atoms with van der Waals surface area (Å²) in [5, 5.41) is 8.73. The van der Waals surface area contributed by atoms with E-state index in [1.807, 2.05) is 43.3 Å². The number of hydrazone groups is 1. The average molecular weight is 544 g/mol. The highest BCUT2D eigenvalue weighted by atomic mass is 16.2. The fraction of sp³-hybridized carbons (Fsp3) is 0.485. The molecule has 0 bridgehead atoms. The van der Waals surface area contributed by atoms with E-state index in [0.29, 0.717) is 11.5 Å². The molecule has 40 heavy (non-hydrogen) atoms. The number of carbonyl (C=O) groups is 2. The first kappa shape index (κ1) is 29.5. The van der Waals surface area contributed by atoms with E-state index >= 15 is 0 Å². The van der Waals surface area contributed by atoms with Crippen LogP contribution in [0, 0.1) is 12.8 Å². The molecule has 7 heteroatoms. The summed E-state index contributed by atoms with van der Waals surface area (Å²) in [6, 6.07) is 14.4. The van der Waals surface area contributed by atoms with Gasteiger partial charge in [0.25, 0.3) is 5.91 Å². The summed E-state index contributed by atoms with van der Waals surface area (Å²) < 4.78 is 0. The normalized spacial score (nSPS) is 17.5. The first-order valence-corrected chi connectivity index (χ1v) is 14.7. The zero-order valence-corrected chi connectivity index (χ0v) is 24.7. The van der Waals surface area contributed by atoms with Gasteiger partial charge >= 0.3 is 0 Å². The molecule has 2 aromatic carbocycles. The van der Waals surface area contributed by atoms with E-state index in [1.165, 1.54) is 5.56 Å². The summed E-state index contributed by atoms with van der Waals surface area (Å²) in [7, 11) is 1.87. The van der Waals surface area contributed by atoms with Crippen molar-refractivity contribution < 1.29 is 9.59 Å². The maximum absolute atomic E-state index is 13.4. The Kier molecular flexibility index (Phi) is 10.2. The van der Waals surface area contributed by atoms with Crippen LogP contribution in [-0.2, 0) is 4.79 Å². The van der Waals surface area contributed by atoms with Gasteiger partial charge in [0.05, 0.1) is 0 Å². The van der Waals surface area contributed by atoms with Gasteiger partial charge in [0.1, 0.15) is 0 Å². The average Bonchev–Trinajstić information content (AvgIpc) is 2.98. The molecule has 0 aliphatic carbocycles. The lowest BCUT2D eigenvalue weighted by molar-refractivity contribution is -0.121. The molecule has 214 valence electrons. The first-order chi connectivity index (χ1) is 19.3. The lowest BCUT2D eigenvalue weighted by Crippen LogP contribution is -2.38. The van der Waals surface area contributed by atoms with Gasteiger partial charge in [-0.25, -0.2) is 0 Å². The molecule has 2 fully saturated rings. The number of rotatable bonds is 9. The molecular weight excluding hydrogens is 498 g/mol. The highest BCUT2D eigenvalue weighted by Gasteiger charge is 2.27. The number of hydrogen-bond donors (Lipinski definition) is 1. The minimum Gasteiger partial charge on any atom is -0.339 e. The first-order valence-electron chi connectivity index (χ1n) is 14.7. The summed E-state index contributed by atoms with van der Waals surface area (Å²) >= 11 is 0. The number of anilines is 1. The third-order valence-corrected chi connectivity index (χ3v) is 8.46. The number of nitrogens with zero attached hydrogens (tertiary/aromatic N) is 4. The minimum atomic E-state index is 0.0328. The van der Waals surface area contributed by atoms with Gasteiger partial charge in [-0.3, -0.25) is 14.6 Å². The number of amides is 2. The van der Waals surface area contributed by atoms with Crippen molar-refractivity contribution in [2.75, 3.05) is 45.1 Å². The topological polar surface area (TPSA) is 68.2 Å². The molecule has 1 N–H and O–H groups in total. The van der Waals surface area contributed by atoms with Gasteiger partial charge in [-0.15, -0.1) is 0 Å². The SMILES string of the molecule is C=NN(C)/C=C(\C)c1ccc(C2CCN(C(=O)c3ccc(C)c(NC(=O)C4CCN(CCC)CC4)c3)CC2)cc1. The lowest BCUT2D eigenvalue weighted by Gasteiger charge is -2.32. The standard InChI is InChI=1S/C33H45N5O2/c1-6-17-37-18-13-29(14-19-37)32(39)35-31-22-30(8-7-24(31)2)33(40)38-20-15-28(16-21-38)27-11-9-26(10-12-27)25(3)23-36(5)34-4/h7-12,22-23,28-29H,4,6,13-21H2,1-3,5H3,(H,35,39)/b25-23+. The molecule has 2 aliphatic rings. The van der Waals surface area contributed by atoms with Gasteiger partial charge in [-0.05, 0) is 106 Å². The zero-order valence-electron chi connectivity index (χ0n) is 24.7. The molecule has 0 atom stereocenters. The van der Waals surface area contributed by atoms with Crippen molar-refractivity contribution in [3.05, 3.63) is 70.9 Å². The molecule has 2 aliphatic heterocycles. The van der Waals surface area contributed by atoms with Gasteiger partial charge in [-0.2, -0.15) is 5.10 Å². The highest BCUT2D eigenvalue weighted by molar-refractivity contribution is 5.98. The number of nitrogens with one attached hydrogen (secondary N) is 1. The Bertz CT molecular complexity index is 1210. The van der Waals surface area contributed by atoms with Gasteiger partial charge < -0.3 is 15.1 Å². The van der Waals surface area contributed by atoms with Crippen molar-refractivity contribution in [2.24, 2.45) is 11.0 Å². The van der Waals surface area contributed by atoms with Crippen molar-refractivity contribution in [3.63, 3.8) is 0 Å². The second-order valence-electron chi connectivity index (χ2n) is 11.4. The van der Waals surface area contributed by atoms with Crippen LogP contribution in [0.5, 0.6) is 0 Å². The molecule has 7 nitrogen and oxygen atoms in total. The largest absolute Gasteiger partial charge is 0.339 e. The number of piperidine rings is 2. The Hall–Kier alpha value is -3.45. The van der Waals surface area contributed by atoms with Crippen molar-refractivity contribution in [1.29, 1.82) is 0 Å². The number of benzene rings is 2. The molecule has 2 heterocycles. The smallest absolute Gasteiger partial charge is 0.253 e. The van der Waals surface area contributed by atoms with Gasteiger partial charge in [0, 0.05) is 50.2 Å². The van der Waals surface area contributed by atoms with Gasteiger partial charge in [0.15, 0.2) is 0 Å². The number of likely N-dealkylation sites (tertiary alicyclic amines) is 2. The molecule has 4 rings (SSSR count). The minimum absolute atomic E-state index is 0.0328. The third-order valence-electron chi connectivity index (χ3n) is 8.46. The summed E-state index contributed by atoms with van der Waals surface area (Å²) in [6.45, 7) is 14.3. The number of aryl methyl sites for hydroxylation is 1. The third kappa shape index (κ3) is 7.39. The molecule has 0 unspecified atom stereocenters. The predicted octanol–water partition coefficient (Wildman–Crippen LogP) is 5.98. The molecule has 2 amide bonds. The van der Waals surface area contributed by atoms with Crippen LogP contribution in [0.1, 0.15) is 78.9 Å². The van der Waals surface area contributed by atoms with E-state index in [-0.39, 0.29) is 17.7 Å². The summed E-state index contributed by atoms with van der Waals surface area (Å²) in [4.78, 5) is 30.8. The summed E-state index contributed by atoms with van der Waals surface area (Å²) in [6.07, 6.45) is 6.77. The second-order valence-corrected chi connectivity index (χ2v) is 11.4. The Morgan fingerprint density at radius 3 is 2.30 bits per heavy atom. The fourth-order valence-electron chi connectivity index (χ4n) is 5.87. The number of hydrogen-bond acceptors (Lipinski definition) is 5. The van der Waals surface area contributed by atoms with Crippen molar-refractivity contribution in [2.45, 2.75) is 58.8 Å². The van der Waals surface area contributed by atoms with E-state index in [9.17, 15) is 9.59 Å². The molecule has 0 spiro atoms. The van der Waals surface area contributed by atoms with Crippen LogP contribution in [0.15, 0.2) is 53.8 Å².